The van der Waals surface area contributed by atoms with Crippen LogP contribution in [0, 0.1) is 0 Å². The molecule has 1 N–H and O–H groups in total. The van der Waals surface area contributed by atoms with Gasteiger partial charge in [-0.25, -0.2) is 4.98 Å². The molecule has 2 aromatic rings. The van der Waals surface area contributed by atoms with Gasteiger partial charge in [0.25, 0.3) is 5.91 Å². The Morgan fingerprint density at radius 2 is 2.24 bits per heavy atom. The van der Waals surface area contributed by atoms with Gasteiger partial charge in [-0.3, -0.25) is 4.79 Å². The fraction of sp³-hybridized carbons (Fsp3) is 0. The second kappa shape index (κ2) is 5.20. The number of rotatable bonds is 2. The van der Waals surface area contributed by atoms with Gasteiger partial charge in [0.2, 0.25) is 0 Å². The van der Waals surface area contributed by atoms with Crippen LogP contribution in [0.25, 0.3) is 0 Å². The Labute approximate surface area is 119 Å². The molecule has 0 radical (unpaired) electrons. The fourth-order valence-electron chi connectivity index (χ4n) is 1.16. The lowest BCUT2D eigenvalue weighted by atomic mass is 10.3. The van der Waals surface area contributed by atoms with Crippen molar-refractivity contribution in [2.75, 3.05) is 5.32 Å². The van der Waals surface area contributed by atoms with Crippen LogP contribution in [0.4, 0.5) is 5.69 Å². The van der Waals surface area contributed by atoms with E-state index in [9.17, 15) is 4.79 Å². The van der Waals surface area contributed by atoms with Crippen LogP contribution in [0.2, 0.25) is 5.15 Å². The average molecular weight is 380 g/mol. The summed E-state index contributed by atoms with van der Waals surface area (Å²) in [7, 11) is 0. The van der Waals surface area contributed by atoms with Gasteiger partial charge >= 0.3 is 0 Å². The van der Waals surface area contributed by atoms with E-state index in [0.29, 0.717) is 15.9 Å². The smallest absolute Gasteiger partial charge is 0.260 e. The summed E-state index contributed by atoms with van der Waals surface area (Å²) < 4.78 is 6.07. The average Bonchev–Trinajstić information content (AvgIpc) is 2.70. The standard InChI is InChI=1S/C10H5Br2ClN2O2/c11-5-3-7(9(13)14-4-5)15-10(16)6-1-2-17-8(6)12/h1-4H,(H,15,16). The van der Waals surface area contributed by atoms with Crippen LogP contribution in [0.5, 0.6) is 0 Å². The number of hydrogen-bond donors (Lipinski definition) is 1. The number of pyridine rings is 1. The quantitative estimate of drug-likeness (QED) is 0.798. The van der Waals surface area contributed by atoms with Gasteiger partial charge in [0.15, 0.2) is 9.82 Å². The van der Waals surface area contributed by atoms with E-state index in [1.165, 1.54) is 6.26 Å². The molecule has 4 nitrogen and oxygen atoms in total. The Morgan fingerprint density at radius 3 is 2.88 bits per heavy atom. The van der Waals surface area contributed by atoms with Crippen molar-refractivity contribution in [3.8, 4) is 0 Å². The molecule has 0 aliphatic carbocycles. The Morgan fingerprint density at radius 1 is 1.47 bits per heavy atom. The third kappa shape index (κ3) is 2.88. The molecule has 0 bridgehead atoms. The molecular weight excluding hydrogens is 375 g/mol. The number of nitrogens with one attached hydrogen (secondary N) is 1. The Hall–Kier alpha value is -0.850. The van der Waals surface area contributed by atoms with E-state index in [1.807, 2.05) is 0 Å². The van der Waals surface area contributed by atoms with Crippen molar-refractivity contribution >= 4 is 55.1 Å². The SMILES string of the molecule is O=C(Nc1cc(Br)cnc1Cl)c1ccoc1Br. The van der Waals surface area contributed by atoms with Gasteiger partial charge in [0.1, 0.15) is 0 Å². The van der Waals surface area contributed by atoms with Gasteiger partial charge in [-0.15, -0.1) is 0 Å². The lowest BCUT2D eigenvalue weighted by molar-refractivity contribution is 0.102. The van der Waals surface area contributed by atoms with Crippen molar-refractivity contribution in [3.63, 3.8) is 0 Å². The highest BCUT2D eigenvalue weighted by molar-refractivity contribution is 9.10. The van der Waals surface area contributed by atoms with Crippen molar-refractivity contribution in [1.29, 1.82) is 0 Å². The Bertz CT molecular complexity index is 571. The highest BCUT2D eigenvalue weighted by atomic mass is 79.9. The number of carbonyl (C=O) groups is 1. The first-order chi connectivity index (χ1) is 8.08. The number of hydrogen-bond acceptors (Lipinski definition) is 3. The maximum atomic E-state index is 11.9. The van der Waals surface area contributed by atoms with Crippen LogP contribution in [0.3, 0.4) is 0 Å². The van der Waals surface area contributed by atoms with Gasteiger partial charge in [-0.05, 0) is 44.0 Å². The Balaban J connectivity index is 2.24. The topological polar surface area (TPSA) is 55.1 Å². The summed E-state index contributed by atoms with van der Waals surface area (Å²) in [5.74, 6) is -0.326. The second-order valence-corrected chi connectivity index (χ2v) is 5.05. The second-order valence-electron chi connectivity index (χ2n) is 3.05. The molecule has 2 heterocycles. The molecular formula is C10H5Br2ClN2O2. The molecule has 2 rings (SSSR count). The zero-order valence-corrected chi connectivity index (χ0v) is 12.1. The van der Waals surface area contributed by atoms with E-state index in [4.69, 9.17) is 16.0 Å². The lowest BCUT2D eigenvalue weighted by Crippen LogP contribution is -2.12. The van der Waals surface area contributed by atoms with E-state index < -0.39 is 0 Å². The van der Waals surface area contributed by atoms with E-state index in [-0.39, 0.29) is 11.1 Å². The normalized spacial score (nSPS) is 10.3. The van der Waals surface area contributed by atoms with Crippen molar-refractivity contribution in [1.82, 2.24) is 4.98 Å². The lowest BCUT2D eigenvalue weighted by Gasteiger charge is -2.05. The molecule has 88 valence electrons. The Kier molecular flexibility index (Phi) is 3.86. The van der Waals surface area contributed by atoms with Crippen molar-refractivity contribution in [2.24, 2.45) is 0 Å². The van der Waals surface area contributed by atoms with Gasteiger partial charge in [-0.2, -0.15) is 0 Å². The van der Waals surface area contributed by atoms with Gasteiger partial charge in [-0.1, -0.05) is 11.6 Å². The van der Waals surface area contributed by atoms with E-state index in [2.05, 4.69) is 42.2 Å². The molecule has 0 aliphatic rings. The van der Waals surface area contributed by atoms with Crippen LogP contribution >= 0.6 is 43.5 Å². The minimum Gasteiger partial charge on any atom is -0.457 e. The molecule has 2 aromatic heterocycles. The van der Waals surface area contributed by atoms with Gasteiger partial charge in [0.05, 0.1) is 17.5 Å². The molecule has 0 unspecified atom stereocenters. The van der Waals surface area contributed by atoms with Crippen LogP contribution in [0.1, 0.15) is 10.4 Å². The summed E-state index contributed by atoms with van der Waals surface area (Å²) in [6.45, 7) is 0. The van der Waals surface area contributed by atoms with E-state index in [0.717, 1.165) is 4.47 Å². The maximum Gasteiger partial charge on any atom is 0.260 e. The van der Waals surface area contributed by atoms with Crippen LogP contribution in [-0.2, 0) is 0 Å². The number of aromatic nitrogens is 1. The maximum absolute atomic E-state index is 11.9. The molecule has 17 heavy (non-hydrogen) atoms. The van der Waals surface area contributed by atoms with Crippen LogP contribution in [-0.4, -0.2) is 10.9 Å². The van der Waals surface area contributed by atoms with Crippen LogP contribution < -0.4 is 5.32 Å². The predicted molar refractivity (Wildman–Crippen MR) is 71.3 cm³/mol. The minimum atomic E-state index is -0.326. The third-order valence-electron chi connectivity index (χ3n) is 1.92. The number of carbonyl (C=O) groups excluding carboxylic acids is 1. The number of furan rings is 1. The highest BCUT2D eigenvalue weighted by Gasteiger charge is 2.14. The molecule has 1 amide bonds. The van der Waals surface area contributed by atoms with E-state index >= 15 is 0 Å². The number of anilines is 1. The molecule has 7 heteroatoms. The third-order valence-corrected chi connectivity index (χ3v) is 3.27. The molecule has 0 atom stereocenters. The predicted octanol–water partition coefficient (Wildman–Crippen LogP) is 4.11. The first kappa shape index (κ1) is 12.6. The van der Waals surface area contributed by atoms with Gasteiger partial charge in [0, 0.05) is 10.7 Å². The summed E-state index contributed by atoms with van der Waals surface area (Å²) in [4.78, 5) is 15.8. The fourth-order valence-corrected chi connectivity index (χ4v) is 2.06. The molecule has 0 spiro atoms. The van der Waals surface area contributed by atoms with Crippen molar-refractivity contribution in [2.45, 2.75) is 0 Å². The van der Waals surface area contributed by atoms with Crippen molar-refractivity contribution in [3.05, 3.63) is 44.5 Å². The molecule has 0 aliphatic heterocycles. The summed E-state index contributed by atoms with van der Waals surface area (Å²) in [6.07, 6.45) is 2.96. The summed E-state index contributed by atoms with van der Waals surface area (Å²) in [5, 5.41) is 2.86. The van der Waals surface area contributed by atoms with E-state index in [1.54, 1.807) is 18.3 Å². The molecule has 0 saturated carbocycles. The summed E-state index contributed by atoms with van der Waals surface area (Å²) >= 11 is 12.2. The largest absolute Gasteiger partial charge is 0.457 e. The monoisotopic (exact) mass is 378 g/mol. The highest BCUT2D eigenvalue weighted by Crippen LogP contribution is 2.25. The zero-order chi connectivity index (χ0) is 12.4. The number of nitrogens with zero attached hydrogens (tertiary/aromatic N) is 1. The van der Waals surface area contributed by atoms with Crippen molar-refractivity contribution < 1.29 is 9.21 Å². The zero-order valence-electron chi connectivity index (χ0n) is 8.21. The first-order valence-corrected chi connectivity index (χ1v) is 6.39. The summed E-state index contributed by atoms with van der Waals surface area (Å²) in [6, 6.07) is 3.22. The molecule has 0 saturated heterocycles. The molecule has 0 fully saturated rings. The van der Waals surface area contributed by atoms with Gasteiger partial charge < -0.3 is 9.73 Å². The number of amides is 1. The first-order valence-electron chi connectivity index (χ1n) is 4.43. The summed E-state index contributed by atoms with van der Waals surface area (Å²) in [5.41, 5.74) is 0.820. The number of halogens is 3. The molecule has 0 aromatic carbocycles. The van der Waals surface area contributed by atoms with Crippen LogP contribution in [0.15, 0.2) is 38.2 Å². The minimum absolute atomic E-state index is 0.223.